The summed E-state index contributed by atoms with van der Waals surface area (Å²) < 4.78 is 33.5. The van der Waals surface area contributed by atoms with Crippen molar-refractivity contribution in [3.8, 4) is 5.75 Å². The summed E-state index contributed by atoms with van der Waals surface area (Å²) in [6.07, 6.45) is 0. The first-order valence-electron chi connectivity index (χ1n) is 10.8. The highest BCUT2D eigenvalue weighted by Crippen LogP contribution is 2.24. The van der Waals surface area contributed by atoms with Gasteiger partial charge in [0.05, 0.1) is 17.1 Å². The summed E-state index contributed by atoms with van der Waals surface area (Å²) in [6, 6.07) is 20.9. The summed E-state index contributed by atoms with van der Waals surface area (Å²) in [5.41, 5.74) is 2.74. The van der Waals surface area contributed by atoms with Crippen LogP contribution in [0, 0.1) is 6.92 Å². The molecule has 6 nitrogen and oxygen atoms in total. The minimum Gasteiger partial charge on any atom is -0.492 e. The summed E-state index contributed by atoms with van der Waals surface area (Å²) in [7, 11) is -3.74. The number of aryl methyl sites for hydroxylation is 1. The van der Waals surface area contributed by atoms with E-state index in [0.29, 0.717) is 30.0 Å². The predicted molar refractivity (Wildman–Crippen MR) is 131 cm³/mol. The van der Waals surface area contributed by atoms with E-state index in [1.54, 1.807) is 37.3 Å². The normalized spacial score (nSPS) is 11.6. The molecule has 174 valence electrons. The van der Waals surface area contributed by atoms with Crippen LogP contribution in [0.5, 0.6) is 5.75 Å². The molecule has 3 aromatic rings. The van der Waals surface area contributed by atoms with Crippen molar-refractivity contribution in [3.63, 3.8) is 0 Å². The van der Waals surface area contributed by atoms with Crippen LogP contribution in [0.2, 0.25) is 0 Å². The van der Waals surface area contributed by atoms with Gasteiger partial charge in [-0.2, -0.15) is 0 Å². The third-order valence-corrected chi connectivity index (χ3v) is 6.56. The molecule has 0 atom stereocenters. The van der Waals surface area contributed by atoms with Gasteiger partial charge in [-0.25, -0.2) is 8.42 Å². The number of ether oxygens (including phenoxy) is 1. The highest BCUT2D eigenvalue weighted by Gasteiger charge is 2.16. The van der Waals surface area contributed by atoms with Crippen molar-refractivity contribution in [2.45, 2.75) is 38.0 Å². The maximum atomic E-state index is 12.6. The van der Waals surface area contributed by atoms with Gasteiger partial charge in [0.15, 0.2) is 0 Å². The van der Waals surface area contributed by atoms with Gasteiger partial charge in [0.1, 0.15) is 12.4 Å². The Hall–Kier alpha value is -3.32. The molecule has 0 aromatic heterocycles. The smallest absolute Gasteiger partial charge is 0.261 e. The largest absolute Gasteiger partial charge is 0.492 e. The third kappa shape index (κ3) is 6.58. The van der Waals surface area contributed by atoms with Gasteiger partial charge < -0.3 is 10.1 Å². The molecule has 1 amide bonds. The van der Waals surface area contributed by atoms with Crippen molar-refractivity contribution >= 4 is 21.6 Å². The Labute approximate surface area is 196 Å². The van der Waals surface area contributed by atoms with Crippen LogP contribution < -0.4 is 14.8 Å². The number of amides is 1. The van der Waals surface area contributed by atoms with Crippen LogP contribution in [0.25, 0.3) is 0 Å². The molecule has 3 rings (SSSR count). The molecule has 0 fully saturated rings. The second-order valence-corrected chi connectivity index (χ2v) is 10.5. The third-order valence-electron chi connectivity index (χ3n) is 5.17. The Bertz CT molecular complexity index is 1200. The maximum Gasteiger partial charge on any atom is 0.261 e. The van der Waals surface area contributed by atoms with Crippen molar-refractivity contribution < 1.29 is 17.9 Å². The zero-order valence-corrected chi connectivity index (χ0v) is 20.2. The van der Waals surface area contributed by atoms with E-state index < -0.39 is 10.0 Å². The lowest BCUT2D eigenvalue weighted by Crippen LogP contribution is -2.28. The number of hydrogen-bond donors (Lipinski definition) is 2. The molecule has 33 heavy (non-hydrogen) atoms. The van der Waals surface area contributed by atoms with Gasteiger partial charge in [0.25, 0.3) is 15.9 Å². The SMILES string of the molecule is Cc1ccc(C(=O)NCCOc2ccc(C(C)(C)C)cc2)cc1NS(=O)(=O)c1ccccc1. The standard InChI is InChI=1S/C26H30N2O4S/c1-19-10-11-20(18-24(19)28-33(30,31)23-8-6-5-7-9-23)25(29)27-16-17-32-22-14-12-21(13-15-22)26(2,3)4/h5-15,18,28H,16-17H2,1-4H3,(H,27,29). The average molecular weight is 467 g/mol. The summed E-state index contributed by atoms with van der Waals surface area (Å²) in [4.78, 5) is 12.7. The van der Waals surface area contributed by atoms with Crippen molar-refractivity contribution in [1.82, 2.24) is 5.32 Å². The molecule has 3 aromatic carbocycles. The monoisotopic (exact) mass is 466 g/mol. The van der Waals surface area contributed by atoms with E-state index in [2.05, 4.69) is 30.8 Å². The second kappa shape index (κ2) is 10.1. The van der Waals surface area contributed by atoms with Crippen LogP contribution in [0.1, 0.15) is 42.3 Å². The zero-order valence-electron chi connectivity index (χ0n) is 19.4. The second-order valence-electron chi connectivity index (χ2n) is 8.83. The number of carbonyl (C=O) groups excluding carboxylic acids is 1. The Kier molecular flexibility index (Phi) is 7.43. The molecule has 7 heteroatoms. The fourth-order valence-corrected chi connectivity index (χ4v) is 4.31. The summed E-state index contributed by atoms with van der Waals surface area (Å²) >= 11 is 0. The molecule has 0 saturated carbocycles. The molecule has 0 heterocycles. The average Bonchev–Trinajstić information content (AvgIpc) is 2.78. The van der Waals surface area contributed by atoms with Gasteiger partial charge in [0.2, 0.25) is 0 Å². The van der Waals surface area contributed by atoms with E-state index in [0.717, 1.165) is 5.75 Å². The number of sulfonamides is 1. The number of rotatable bonds is 8. The quantitative estimate of drug-likeness (QED) is 0.463. The van der Waals surface area contributed by atoms with Crippen LogP contribution in [0.15, 0.2) is 77.7 Å². The van der Waals surface area contributed by atoms with Gasteiger partial charge >= 0.3 is 0 Å². The van der Waals surface area contributed by atoms with Crippen LogP contribution in [0.4, 0.5) is 5.69 Å². The molecular formula is C26H30N2O4S. The fourth-order valence-electron chi connectivity index (χ4n) is 3.16. The molecule has 0 radical (unpaired) electrons. The van der Waals surface area contributed by atoms with Gasteiger partial charge in [-0.15, -0.1) is 0 Å². The van der Waals surface area contributed by atoms with Gasteiger partial charge in [-0.05, 0) is 59.9 Å². The minimum atomic E-state index is -3.74. The first-order valence-corrected chi connectivity index (χ1v) is 12.2. The molecule has 0 spiro atoms. The molecule has 2 N–H and O–H groups in total. The van der Waals surface area contributed by atoms with E-state index in [1.807, 2.05) is 24.3 Å². The zero-order chi connectivity index (χ0) is 24.1. The van der Waals surface area contributed by atoms with E-state index in [1.165, 1.54) is 23.8 Å². The number of nitrogens with one attached hydrogen (secondary N) is 2. The van der Waals surface area contributed by atoms with Gasteiger partial charge in [0, 0.05) is 5.56 Å². The molecule has 0 aliphatic carbocycles. The van der Waals surface area contributed by atoms with Crippen LogP contribution in [-0.2, 0) is 15.4 Å². The fraction of sp³-hybridized carbons (Fsp3) is 0.269. The van der Waals surface area contributed by atoms with E-state index in [9.17, 15) is 13.2 Å². The van der Waals surface area contributed by atoms with Crippen molar-refractivity contribution in [2.75, 3.05) is 17.9 Å². The number of carbonyl (C=O) groups is 1. The van der Waals surface area contributed by atoms with Crippen molar-refractivity contribution in [3.05, 3.63) is 89.5 Å². The minimum absolute atomic E-state index is 0.0781. The maximum absolute atomic E-state index is 12.6. The molecule has 0 unspecified atom stereocenters. The topological polar surface area (TPSA) is 84.5 Å². The van der Waals surface area contributed by atoms with Crippen LogP contribution in [-0.4, -0.2) is 27.5 Å². The van der Waals surface area contributed by atoms with Crippen molar-refractivity contribution in [1.29, 1.82) is 0 Å². The lowest BCUT2D eigenvalue weighted by atomic mass is 9.87. The first kappa shape index (κ1) is 24.3. The van der Waals surface area contributed by atoms with Gasteiger partial charge in [-0.1, -0.05) is 57.2 Å². The molecular weight excluding hydrogens is 436 g/mol. The lowest BCUT2D eigenvalue weighted by Gasteiger charge is -2.19. The van der Waals surface area contributed by atoms with E-state index in [-0.39, 0.29) is 16.2 Å². The highest BCUT2D eigenvalue weighted by molar-refractivity contribution is 7.92. The molecule has 0 saturated heterocycles. The predicted octanol–water partition coefficient (Wildman–Crippen LogP) is 4.90. The number of benzene rings is 3. The first-order chi connectivity index (χ1) is 15.6. The number of anilines is 1. The summed E-state index contributed by atoms with van der Waals surface area (Å²) in [5, 5.41) is 2.80. The Morgan fingerprint density at radius 1 is 0.939 bits per heavy atom. The Morgan fingerprint density at radius 2 is 1.61 bits per heavy atom. The number of hydrogen-bond acceptors (Lipinski definition) is 4. The van der Waals surface area contributed by atoms with Crippen LogP contribution >= 0.6 is 0 Å². The van der Waals surface area contributed by atoms with E-state index in [4.69, 9.17) is 4.74 Å². The van der Waals surface area contributed by atoms with E-state index >= 15 is 0 Å². The highest BCUT2D eigenvalue weighted by atomic mass is 32.2. The summed E-state index contributed by atoms with van der Waals surface area (Å²) in [5.74, 6) is 0.437. The molecule has 0 aliphatic heterocycles. The van der Waals surface area contributed by atoms with Crippen LogP contribution in [0.3, 0.4) is 0 Å². The summed E-state index contributed by atoms with van der Waals surface area (Å²) in [6.45, 7) is 8.88. The molecule has 0 aliphatic rings. The van der Waals surface area contributed by atoms with Crippen molar-refractivity contribution in [2.24, 2.45) is 0 Å². The lowest BCUT2D eigenvalue weighted by molar-refractivity contribution is 0.0947. The Morgan fingerprint density at radius 3 is 2.24 bits per heavy atom. The van der Waals surface area contributed by atoms with Gasteiger partial charge in [-0.3, -0.25) is 9.52 Å². The Balaban J connectivity index is 1.57. The molecule has 0 bridgehead atoms.